The molecule has 3 nitrogen and oxygen atoms in total. The van der Waals surface area contributed by atoms with E-state index in [1.165, 1.54) is 13.3 Å². The van der Waals surface area contributed by atoms with Crippen LogP contribution in [-0.4, -0.2) is 40.9 Å². The minimum absolute atomic E-state index is 0.689. The first-order valence-corrected chi connectivity index (χ1v) is 6.53. The monoisotopic (exact) mass is 167 g/mol. The molecule has 0 fully saturated rings. The molecule has 0 aromatic heterocycles. The van der Waals surface area contributed by atoms with Crippen molar-refractivity contribution in [2.24, 2.45) is 0 Å². The predicted molar refractivity (Wildman–Crippen MR) is 46.1 cm³/mol. The first-order valence-electron chi connectivity index (χ1n) is 3.54. The maximum absolute atomic E-state index is 9.55. The van der Waals surface area contributed by atoms with Crippen LogP contribution in [0.3, 0.4) is 0 Å². The van der Waals surface area contributed by atoms with Crippen molar-refractivity contribution >= 4 is 7.21 Å². The Morgan fingerprint density at radius 3 is 1.40 bits per heavy atom. The van der Waals surface area contributed by atoms with E-state index >= 15 is 0 Å². The van der Waals surface area contributed by atoms with Crippen molar-refractivity contribution in [1.82, 2.24) is 4.67 Å². The van der Waals surface area contributed by atoms with Gasteiger partial charge in [-0.25, -0.2) is 0 Å². The van der Waals surface area contributed by atoms with Crippen molar-refractivity contribution in [1.29, 1.82) is 0 Å². The van der Waals surface area contributed by atoms with Crippen LogP contribution in [0.2, 0.25) is 0 Å². The van der Waals surface area contributed by atoms with Gasteiger partial charge in [-0.05, 0) is 0 Å². The Kier molecular flexibility index (Phi) is 2.83. The van der Waals surface area contributed by atoms with E-state index in [1.807, 2.05) is 13.8 Å². The summed E-state index contributed by atoms with van der Waals surface area (Å²) in [6.07, 6.45) is 0. The normalized spacial score (nSPS) is 16.9. The molecule has 4 heteroatoms. The Morgan fingerprint density at radius 2 is 1.40 bits per heavy atom. The quantitative estimate of drug-likeness (QED) is 0.613. The maximum atomic E-state index is 9.55. The van der Waals surface area contributed by atoms with Gasteiger partial charge in [0.2, 0.25) is 0 Å². The molecule has 0 unspecified atom stereocenters. The Bertz CT molecular complexity index is 105. The van der Waals surface area contributed by atoms with Gasteiger partial charge < -0.3 is 0 Å². The number of rotatable bonds is 3. The van der Waals surface area contributed by atoms with Gasteiger partial charge in [-0.1, -0.05) is 0 Å². The molecule has 0 saturated carbocycles. The van der Waals surface area contributed by atoms with Gasteiger partial charge >= 0.3 is 61.9 Å². The summed E-state index contributed by atoms with van der Waals surface area (Å²) in [5.74, 6) is 0. The van der Waals surface area contributed by atoms with E-state index in [4.69, 9.17) is 0 Å². The molecule has 0 spiro atoms. The summed E-state index contributed by atoms with van der Waals surface area (Å²) in [4.78, 5) is 19.1. The van der Waals surface area contributed by atoms with Crippen LogP contribution in [0, 0.1) is 0 Å². The van der Waals surface area contributed by atoms with E-state index in [2.05, 4.69) is 0 Å². The molecule has 0 aliphatic heterocycles. The molecule has 0 heterocycles. The molecule has 0 bridgehead atoms. The SMILES string of the molecule is CCN(CC)P(C)(C)(O)O. The zero-order chi connectivity index (χ0) is 8.44. The summed E-state index contributed by atoms with van der Waals surface area (Å²) in [5.41, 5.74) is 0. The van der Waals surface area contributed by atoms with Crippen molar-refractivity contribution in [2.45, 2.75) is 13.8 Å². The second-order valence-electron chi connectivity index (χ2n) is 3.05. The first kappa shape index (κ1) is 10.3. The molecule has 0 amide bonds. The van der Waals surface area contributed by atoms with Gasteiger partial charge in [0.25, 0.3) is 0 Å². The van der Waals surface area contributed by atoms with Crippen molar-refractivity contribution < 1.29 is 9.79 Å². The fraction of sp³-hybridized carbons (Fsp3) is 1.00. The molecule has 0 radical (unpaired) electrons. The number of hydrogen-bond acceptors (Lipinski definition) is 3. The molecule has 0 aromatic rings. The van der Waals surface area contributed by atoms with Gasteiger partial charge in [0.15, 0.2) is 0 Å². The van der Waals surface area contributed by atoms with Crippen molar-refractivity contribution in [3.05, 3.63) is 0 Å². The molecule has 0 aromatic carbocycles. The Hall–Kier alpha value is 0.310. The fourth-order valence-electron chi connectivity index (χ4n) is 1.04. The van der Waals surface area contributed by atoms with Gasteiger partial charge in [-0.15, -0.1) is 0 Å². The average molecular weight is 167 g/mol. The van der Waals surface area contributed by atoms with Crippen LogP contribution in [0.4, 0.5) is 0 Å². The molecule has 0 aliphatic rings. The van der Waals surface area contributed by atoms with Crippen molar-refractivity contribution in [3.8, 4) is 0 Å². The third-order valence-electron chi connectivity index (χ3n) is 1.55. The summed E-state index contributed by atoms with van der Waals surface area (Å²) in [6.45, 7) is 8.24. The van der Waals surface area contributed by atoms with E-state index in [9.17, 15) is 9.79 Å². The van der Waals surface area contributed by atoms with Gasteiger partial charge in [0.05, 0.1) is 0 Å². The zero-order valence-electron chi connectivity index (χ0n) is 7.20. The van der Waals surface area contributed by atoms with E-state index < -0.39 is 7.21 Å². The van der Waals surface area contributed by atoms with Crippen molar-refractivity contribution in [3.63, 3.8) is 0 Å². The summed E-state index contributed by atoms with van der Waals surface area (Å²) < 4.78 is 1.70. The third-order valence-corrected chi connectivity index (χ3v) is 3.75. The van der Waals surface area contributed by atoms with Crippen molar-refractivity contribution in [2.75, 3.05) is 26.4 Å². The van der Waals surface area contributed by atoms with E-state index in [0.29, 0.717) is 13.1 Å². The molecule has 0 saturated heterocycles. The second kappa shape index (κ2) is 2.74. The summed E-state index contributed by atoms with van der Waals surface area (Å²) >= 11 is 0. The number of hydrogen-bond donors (Lipinski definition) is 2. The third kappa shape index (κ3) is 2.93. The van der Waals surface area contributed by atoms with Crippen LogP contribution in [0.5, 0.6) is 0 Å². The van der Waals surface area contributed by atoms with Crippen LogP contribution in [0.15, 0.2) is 0 Å². The Morgan fingerprint density at radius 1 is 1.10 bits per heavy atom. The number of nitrogens with zero attached hydrogens (tertiary/aromatic N) is 1. The Balaban J connectivity index is 4.28. The minimum atomic E-state index is -3.41. The topological polar surface area (TPSA) is 43.7 Å². The van der Waals surface area contributed by atoms with Crippen LogP contribution in [0.1, 0.15) is 13.8 Å². The first-order chi connectivity index (χ1) is 4.28. The molecule has 2 N–H and O–H groups in total. The predicted octanol–water partition coefficient (Wildman–Crippen LogP) is 0.871. The molecule has 0 atom stereocenters. The molecule has 10 heavy (non-hydrogen) atoms. The standard InChI is InChI=1S/C6H18NO2P/c1-5-7(6-2)10(3,4,8)9/h8-9H,5-6H2,1-4H3. The van der Waals surface area contributed by atoms with Gasteiger partial charge in [0.1, 0.15) is 0 Å². The van der Waals surface area contributed by atoms with Crippen LogP contribution >= 0.6 is 7.21 Å². The van der Waals surface area contributed by atoms with Crippen LogP contribution in [0.25, 0.3) is 0 Å². The summed E-state index contributed by atoms with van der Waals surface area (Å²) in [7, 11) is -3.41. The van der Waals surface area contributed by atoms with Gasteiger partial charge in [0, 0.05) is 0 Å². The van der Waals surface area contributed by atoms with Gasteiger partial charge in [-0.3, -0.25) is 0 Å². The molecule has 0 rings (SSSR count). The van der Waals surface area contributed by atoms with Crippen LogP contribution < -0.4 is 0 Å². The molecular formula is C6H18NO2P. The Labute approximate surface area is 62.8 Å². The van der Waals surface area contributed by atoms with Gasteiger partial charge in [-0.2, -0.15) is 0 Å². The van der Waals surface area contributed by atoms with E-state index in [1.54, 1.807) is 4.67 Å². The summed E-state index contributed by atoms with van der Waals surface area (Å²) in [6, 6.07) is 0. The molecule has 64 valence electrons. The fourth-order valence-corrected chi connectivity index (χ4v) is 2.68. The molecule has 0 aliphatic carbocycles. The summed E-state index contributed by atoms with van der Waals surface area (Å²) in [5, 5.41) is 0. The average Bonchev–Trinajstić information content (AvgIpc) is 1.62. The second-order valence-corrected chi connectivity index (χ2v) is 7.45. The molecular weight excluding hydrogens is 149 g/mol. The van der Waals surface area contributed by atoms with E-state index in [-0.39, 0.29) is 0 Å². The van der Waals surface area contributed by atoms with Crippen LogP contribution in [-0.2, 0) is 0 Å². The zero-order valence-corrected chi connectivity index (χ0v) is 8.10. The van der Waals surface area contributed by atoms with E-state index in [0.717, 1.165) is 0 Å².